The van der Waals surface area contributed by atoms with Crippen LogP contribution in [0.15, 0.2) is 42.0 Å². The van der Waals surface area contributed by atoms with E-state index < -0.39 is 17.8 Å². The molecule has 210 valence electrons. The maximum atomic E-state index is 13.5. The van der Waals surface area contributed by atoms with Crippen molar-refractivity contribution in [2.45, 2.75) is 70.3 Å². The van der Waals surface area contributed by atoms with Gasteiger partial charge in [-0.25, -0.2) is 9.69 Å². The summed E-state index contributed by atoms with van der Waals surface area (Å²) in [5.41, 5.74) is 2.25. The number of nitrogens with one attached hydrogen (secondary N) is 1. The molecule has 1 N–H and O–H groups in total. The predicted molar refractivity (Wildman–Crippen MR) is 154 cm³/mol. The van der Waals surface area contributed by atoms with E-state index in [0.29, 0.717) is 27.8 Å². The fourth-order valence-corrected chi connectivity index (χ4v) is 7.97. The molecule has 0 unspecified atom stereocenters. The van der Waals surface area contributed by atoms with Gasteiger partial charge < -0.3 is 9.47 Å². The summed E-state index contributed by atoms with van der Waals surface area (Å²) in [7, 11) is 1.50. The summed E-state index contributed by atoms with van der Waals surface area (Å²) < 4.78 is 11.4. The van der Waals surface area contributed by atoms with Gasteiger partial charge in [0.25, 0.3) is 11.8 Å². The van der Waals surface area contributed by atoms with Gasteiger partial charge in [0.05, 0.1) is 23.9 Å². The van der Waals surface area contributed by atoms with Gasteiger partial charge in [-0.2, -0.15) is 0 Å². The van der Waals surface area contributed by atoms with Gasteiger partial charge in [0.15, 0.2) is 11.5 Å². The van der Waals surface area contributed by atoms with E-state index >= 15 is 0 Å². The van der Waals surface area contributed by atoms with Crippen LogP contribution >= 0.6 is 11.6 Å². The van der Waals surface area contributed by atoms with Gasteiger partial charge >= 0.3 is 6.03 Å². The third kappa shape index (κ3) is 4.68. The predicted octanol–water partition coefficient (Wildman–Crippen LogP) is 6.66. The Morgan fingerprint density at radius 3 is 2.25 bits per heavy atom. The molecule has 4 amide bonds. The molecule has 4 saturated carbocycles. The SMILES string of the molecule is CC[C@@H](C)Oc1c(Cl)cc(/C=C2\C(=O)NC(=O)N(c3ccc(C45CC6CC(CC(C6)C4)C5)cc3)C2=O)cc1OC. The van der Waals surface area contributed by atoms with Crippen LogP contribution in [-0.4, -0.2) is 31.1 Å². The van der Waals surface area contributed by atoms with Gasteiger partial charge in [0.2, 0.25) is 0 Å². The smallest absolute Gasteiger partial charge is 0.335 e. The van der Waals surface area contributed by atoms with E-state index in [9.17, 15) is 14.4 Å². The Morgan fingerprint density at radius 2 is 1.68 bits per heavy atom. The Bertz CT molecular complexity index is 1360. The Morgan fingerprint density at radius 1 is 1.05 bits per heavy atom. The van der Waals surface area contributed by atoms with E-state index in [1.807, 2.05) is 26.0 Å². The zero-order valence-corrected chi connectivity index (χ0v) is 23.9. The molecule has 40 heavy (non-hydrogen) atoms. The standard InChI is InChI=1S/C32H35ClN2O5/c1-4-18(2)40-28-26(33)13-19(14-27(28)39-3)12-25-29(36)34-31(38)35(30(25)37)24-7-5-23(6-8-24)32-15-20-9-21(16-32)11-22(10-20)17-32/h5-8,12-14,18,20-22H,4,9-11,15-17H2,1-3H3,(H,34,36,38)/b25-12+/t18-,20?,21?,22?,32?/m1/s1. The largest absolute Gasteiger partial charge is 0.493 e. The third-order valence-corrected chi connectivity index (χ3v) is 9.62. The molecule has 4 bridgehead atoms. The van der Waals surface area contributed by atoms with Crippen molar-refractivity contribution >= 4 is 41.2 Å². The van der Waals surface area contributed by atoms with Crippen molar-refractivity contribution < 1.29 is 23.9 Å². The second kappa shape index (κ2) is 10.3. The maximum absolute atomic E-state index is 13.5. The van der Waals surface area contributed by atoms with E-state index in [-0.39, 0.29) is 17.1 Å². The fourth-order valence-electron chi connectivity index (χ4n) is 7.71. The number of nitrogens with zero attached hydrogens (tertiary/aromatic N) is 1. The highest BCUT2D eigenvalue weighted by atomic mass is 35.5. The van der Waals surface area contributed by atoms with Crippen molar-refractivity contribution in [3.63, 3.8) is 0 Å². The van der Waals surface area contributed by atoms with Crippen LogP contribution in [0, 0.1) is 17.8 Å². The third-order valence-electron chi connectivity index (χ3n) is 9.33. The van der Waals surface area contributed by atoms with Crippen molar-refractivity contribution in [1.29, 1.82) is 0 Å². The summed E-state index contributed by atoms with van der Waals surface area (Å²) in [6.45, 7) is 3.93. The molecule has 8 heteroatoms. The summed E-state index contributed by atoms with van der Waals surface area (Å²) in [6, 6.07) is 10.3. The molecule has 4 aliphatic carbocycles. The highest BCUT2D eigenvalue weighted by Crippen LogP contribution is 2.60. The zero-order chi connectivity index (χ0) is 28.2. The number of urea groups is 1. The van der Waals surface area contributed by atoms with Crippen molar-refractivity contribution in [1.82, 2.24) is 5.32 Å². The first-order valence-electron chi connectivity index (χ1n) is 14.3. The van der Waals surface area contributed by atoms with Gasteiger partial charge in [-0.3, -0.25) is 14.9 Å². The van der Waals surface area contributed by atoms with Gasteiger partial charge in [-0.1, -0.05) is 30.7 Å². The van der Waals surface area contributed by atoms with Gasteiger partial charge in [-0.05, 0) is 117 Å². The van der Waals surface area contributed by atoms with E-state index in [4.69, 9.17) is 21.1 Å². The van der Waals surface area contributed by atoms with Crippen molar-refractivity contribution in [3.8, 4) is 11.5 Å². The molecule has 0 aromatic heterocycles. The second-order valence-electron chi connectivity index (χ2n) is 12.1. The van der Waals surface area contributed by atoms with Gasteiger partial charge in [-0.15, -0.1) is 0 Å². The summed E-state index contributed by atoms with van der Waals surface area (Å²) in [4.78, 5) is 40.2. The molecule has 1 saturated heterocycles. The Hall–Kier alpha value is -3.32. The number of benzene rings is 2. The lowest BCUT2D eigenvalue weighted by Crippen LogP contribution is -2.54. The number of imide groups is 2. The maximum Gasteiger partial charge on any atom is 0.335 e. The van der Waals surface area contributed by atoms with E-state index in [2.05, 4.69) is 17.4 Å². The lowest BCUT2D eigenvalue weighted by Gasteiger charge is -2.57. The molecule has 5 fully saturated rings. The number of carbonyl (C=O) groups is 3. The van der Waals surface area contributed by atoms with Crippen molar-refractivity contribution in [3.05, 3.63) is 58.1 Å². The minimum atomic E-state index is -0.761. The van der Waals surface area contributed by atoms with Crippen LogP contribution in [-0.2, 0) is 15.0 Å². The van der Waals surface area contributed by atoms with Crippen LogP contribution in [0.5, 0.6) is 11.5 Å². The molecule has 1 atom stereocenters. The summed E-state index contributed by atoms with van der Waals surface area (Å²) in [5, 5.41) is 2.60. The quantitative estimate of drug-likeness (QED) is 0.301. The molecule has 0 radical (unpaired) electrons. The molecule has 5 aliphatic rings. The average molecular weight is 563 g/mol. The lowest BCUT2D eigenvalue weighted by molar-refractivity contribution is -0.122. The Kier molecular flexibility index (Phi) is 6.89. The monoisotopic (exact) mass is 562 g/mol. The van der Waals surface area contributed by atoms with Crippen molar-refractivity contribution in [2.24, 2.45) is 17.8 Å². The Labute approximate surface area is 239 Å². The zero-order valence-electron chi connectivity index (χ0n) is 23.2. The number of rotatable bonds is 7. The summed E-state index contributed by atoms with van der Waals surface area (Å²) in [5.74, 6) is 1.80. The van der Waals surface area contributed by atoms with Crippen LogP contribution in [0.3, 0.4) is 0 Å². The highest BCUT2D eigenvalue weighted by molar-refractivity contribution is 6.39. The Balaban J connectivity index is 1.27. The molecular weight excluding hydrogens is 528 g/mol. The van der Waals surface area contributed by atoms with Crippen LogP contribution < -0.4 is 19.7 Å². The number of ether oxygens (including phenoxy) is 2. The highest BCUT2D eigenvalue weighted by Gasteiger charge is 2.51. The van der Waals surface area contributed by atoms with Crippen LogP contribution in [0.25, 0.3) is 6.08 Å². The number of barbiturate groups is 1. The van der Waals surface area contributed by atoms with Gasteiger partial charge in [0.1, 0.15) is 5.57 Å². The first kappa shape index (κ1) is 26.9. The number of amides is 4. The first-order chi connectivity index (χ1) is 19.2. The number of methoxy groups -OCH3 is 1. The topological polar surface area (TPSA) is 84.9 Å². The minimum Gasteiger partial charge on any atom is -0.493 e. The normalized spacial score (nSPS) is 29.1. The van der Waals surface area contributed by atoms with Crippen LogP contribution in [0.2, 0.25) is 5.02 Å². The molecule has 7 rings (SSSR count). The first-order valence-corrected chi connectivity index (χ1v) is 14.6. The van der Waals surface area contributed by atoms with E-state index in [1.54, 1.807) is 12.1 Å². The summed E-state index contributed by atoms with van der Waals surface area (Å²) in [6.07, 6.45) is 9.93. The van der Waals surface area contributed by atoms with Crippen LogP contribution in [0.1, 0.15) is 69.9 Å². The van der Waals surface area contributed by atoms with Gasteiger partial charge in [0, 0.05) is 0 Å². The van der Waals surface area contributed by atoms with E-state index in [0.717, 1.165) is 29.1 Å². The molecule has 0 spiro atoms. The molecule has 1 heterocycles. The number of hydrogen-bond donors (Lipinski definition) is 1. The van der Waals surface area contributed by atoms with Crippen LogP contribution in [0.4, 0.5) is 10.5 Å². The fraction of sp³-hybridized carbons (Fsp3) is 0.469. The lowest BCUT2D eigenvalue weighted by atomic mass is 9.48. The molecular formula is C32H35ClN2O5. The van der Waals surface area contributed by atoms with Crippen molar-refractivity contribution in [2.75, 3.05) is 12.0 Å². The molecule has 2 aromatic rings. The second-order valence-corrected chi connectivity index (χ2v) is 12.5. The number of hydrogen-bond acceptors (Lipinski definition) is 5. The number of carbonyl (C=O) groups excluding carboxylic acids is 3. The summed E-state index contributed by atoms with van der Waals surface area (Å²) >= 11 is 6.50. The number of halogens is 1. The van der Waals surface area contributed by atoms with E-state index in [1.165, 1.54) is 57.3 Å². The minimum absolute atomic E-state index is 0.0739. The number of anilines is 1. The average Bonchev–Trinajstić information content (AvgIpc) is 2.91. The molecule has 2 aromatic carbocycles. The molecule has 1 aliphatic heterocycles. The molecule has 7 nitrogen and oxygen atoms in total.